The van der Waals surface area contributed by atoms with Gasteiger partial charge in [-0.1, -0.05) is 0 Å². The fourth-order valence-corrected chi connectivity index (χ4v) is 0.836. The lowest BCUT2D eigenvalue weighted by Crippen LogP contribution is -2.61. The molecule has 1 aliphatic rings. The number of likely N-dealkylation sites (tertiary alicyclic amines) is 1. The summed E-state index contributed by atoms with van der Waals surface area (Å²) < 4.78 is 24.1. The standard InChI is InChI=1S/C5H10F2N2/c1-4(8)9-2-5(6,7)3-9/h4H,2-3,8H2,1H3. The van der Waals surface area contributed by atoms with Gasteiger partial charge in [-0.3, -0.25) is 4.90 Å². The lowest BCUT2D eigenvalue weighted by Gasteiger charge is -2.41. The normalized spacial score (nSPS) is 29.3. The van der Waals surface area contributed by atoms with Crippen molar-refractivity contribution in [1.82, 2.24) is 4.90 Å². The molecule has 0 radical (unpaired) electrons. The Morgan fingerprint density at radius 3 is 2.11 bits per heavy atom. The SMILES string of the molecule is CC(N)N1CC(F)(F)C1. The van der Waals surface area contributed by atoms with E-state index in [2.05, 4.69) is 0 Å². The van der Waals surface area contributed by atoms with Crippen molar-refractivity contribution >= 4 is 0 Å². The summed E-state index contributed by atoms with van der Waals surface area (Å²) in [5, 5.41) is 0. The second-order valence-electron chi connectivity index (χ2n) is 2.50. The van der Waals surface area contributed by atoms with Crippen molar-refractivity contribution in [1.29, 1.82) is 0 Å². The van der Waals surface area contributed by atoms with E-state index in [1.54, 1.807) is 6.92 Å². The van der Waals surface area contributed by atoms with E-state index >= 15 is 0 Å². The Bertz CT molecular complexity index is 106. The van der Waals surface area contributed by atoms with Crippen LogP contribution in [0.2, 0.25) is 0 Å². The maximum Gasteiger partial charge on any atom is 0.273 e. The average molecular weight is 136 g/mol. The van der Waals surface area contributed by atoms with E-state index in [1.807, 2.05) is 0 Å². The van der Waals surface area contributed by atoms with Gasteiger partial charge in [0.1, 0.15) is 0 Å². The van der Waals surface area contributed by atoms with Gasteiger partial charge in [-0.25, -0.2) is 8.78 Å². The first-order chi connectivity index (χ1) is 4.01. The summed E-state index contributed by atoms with van der Waals surface area (Å²) in [4.78, 5) is 1.53. The van der Waals surface area contributed by atoms with Gasteiger partial charge in [0.2, 0.25) is 0 Å². The van der Waals surface area contributed by atoms with E-state index in [-0.39, 0.29) is 19.3 Å². The molecule has 1 aliphatic heterocycles. The molecule has 0 spiro atoms. The summed E-state index contributed by atoms with van der Waals surface area (Å²) in [5.41, 5.74) is 5.31. The van der Waals surface area contributed by atoms with E-state index < -0.39 is 5.92 Å². The minimum Gasteiger partial charge on any atom is -0.316 e. The number of hydrogen-bond donors (Lipinski definition) is 1. The molecule has 54 valence electrons. The monoisotopic (exact) mass is 136 g/mol. The topological polar surface area (TPSA) is 29.3 Å². The zero-order valence-corrected chi connectivity index (χ0v) is 5.27. The Morgan fingerprint density at radius 1 is 1.56 bits per heavy atom. The summed E-state index contributed by atoms with van der Waals surface area (Å²) >= 11 is 0. The number of rotatable bonds is 1. The quantitative estimate of drug-likeness (QED) is 0.559. The van der Waals surface area contributed by atoms with Gasteiger partial charge >= 0.3 is 0 Å². The molecule has 2 N–H and O–H groups in total. The summed E-state index contributed by atoms with van der Waals surface area (Å²) in [6, 6.07) is 0. The first kappa shape index (κ1) is 6.89. The van der Waals surface area contributed by atoms with Crippen LogP contribution in [-0.4, -0.2) is 30.1 Å². The Hall–Kier alpha value is -0.220. The molecule has 0 saturated carbocycles. The number of alkyl halides is 2. The Balaban J connectivity index is 2.27. The van der Waals surface area contributed by atoms with Crippen LogP contribution in [0.4, 0.5) is 8.78 Å². The van der Waals surface area contributed by atoms with Gasteiger partial charge in [-0.2, -0.15) is 0 Å². The summed E-state index contributed by atoms with van der Waals surface area (Å²) in [7, 11) is 0. The number of nitrogens with zero attached hydrogens (tertiary/aromatic N) is 1. The van der Waals surface area contributed by atoms with Crippen LogP contribution in [0.15, 0.2) is 0 Å². The molecule has 2 nitrogen and oxygen atoms in total. The van der Waals surface area contributed by atoms with Gasteiger partial charge in [0.15, 0.2) is 0 Å². The predicted molar refractivity (Wildman–Crippen MR) is 30.2 cm³/mol. The Morgan fingerprint density at radius 2 is 2.00 bits per heavy atom. The molecule has 1 saturated heterocycles. The average Bonchev–Trinajstić information content (AvgIpc) is 1.59. The third kappa shape index (κ3) is 1.37. The molecular formula is C5H10F2N2. The molecule has 0 bridgehead atoms. The zero-order chi connectivity index (χ0) is 7.07. The number of halogens is 2. The molecule has 1 rings (SSSR count). The van der Waals surface area contributed by atoms with E-state index in [0.29, 0.717) is 0 Å². The second kappa shape index (κ2) is 1.88. The molecule has 0 aliphatic carbocycles. The third-order valence-corrected chi connectivity index (χ3v) is 1.44. The van der Waals surface area contributed by atoms with Crippen LogP contribution in [0.3, 0.4) is 0 Å². The number of hydrogen-bond acceptors (Lipinski definition) is 2. The Labute approximate surface area is 52.6 Å². The van der Waals surface area contributed by atoms with Crippen molar-refractivity contribution < 1.29 is 8.78 Å². The highest BCUT2D eigenvalue weighted by Crippen LogP contribution is 2.26. The third-order valence-electron chi connectivity index (χ3n) is 1.44. The van der Waals surface area contributed by atoms with E-state index in [9.17, 15) is 8.78 Å². The van der Waals surface area contributed by atoms with Crippen LogP contribution < -0.4 is 5.73 Å². The molecule has 1 unspecified atom stereocenters. The van der Waals surface area contributed by atoms with E-state index in [1.165, 1.54) is 4.90 Å². The van der Waals surface area contributed by atoms with Crippen LogP contribution in [0.25, 0.3) is 0 Å². The van der Waals surface area contributed by atoms with Crippen molar-refractivity contribution in [3.05, 3.63) is 0 Å². The lowest BCUT2D eigenvalue weighted by molar-refractivity contribution is -0.142. The molecule has 1 fully saturated rings. The molecule has 4 heteroatoms. The highest BCUT2D eigenvalue weighted by molar-refractivity contribution is 4.88. The predicted octanol–water partition coefficient (Wildman–Crippen LogP) is 0.242. The minimum absolute atomic E-state index is 0.176. The smallest absolute Gasteiger partial charge is 0.273 e. The highest BCUT2D eigenvalue weighted by atomic mass is 19.3. The molecule has 1 heterocycles. The van der Waals surface area contributed by atoms with Gasteiger partial charge in [0.05, 0.1) is 19.3 Å². The summed E-state index contributed by atoms with van der Waals surface area (Å²) in [5.74, 6) is -2.48. The molecule has 0 aromatic rings. The molecule has 9 heavy (non-hydrogen) atoms. The van der Waals surface area contributed by atoms with Crippen molar-refractivity contribution in [3.63, 3.8) is 0 Å². The summed E-state index contributed by atoms with van der Waals surface area (Å²) in [6.45, 7) is 1.35. The van der Waals surface area contributed by atoms with Gasteiger partial charge in [-0.05, 0) is 6.92 Å². The fourth-order valence-electron chi connectivity index (χ4n) is 0.836. The van der Waals surface area contributed by atoms with Crippen molar-refractivity contribution in [3.8, 4) is 0 Å². The van der Waals surface area contributed by atoms with Crippen LogP contribution in [0.5, 0.6) is 0 Å². The maximum absolute atomic E-state index is 12.1. The first-order valence-corrected chi connectivity index (χ1v) is 2.89. The van der Waals surface area contributed by atoms with Gasteiger partial charge in [0.25, 0.3) is 5.92 Å². The molecule has 1 atom stereocenters. The van der Waals surface area contributed by atoms with Crippen LogP contribution in [0.1, 0.15) is 6.92 Å². The molecular weight excluding hydrogens is 126 g/mol. The zero-order valence-electron chi connectivity index (χ0n) is 5.27. The van der Waals surface area contributed by atoms with Crippen LogP contribution in [0, 0.1) is 0 Å². The van der Waals surface area contributed by atoms with Crippen molar-refractivity contribution in [2.45, 2.75) is 19.0 Å². The minimum atomic E-state index is -2.48. The fraction of sp³-hybridized carbons (Fsp3) is 1.00. The molecule has 0 aromatic carbocycles. The Kier molecular flexibility index (Phi) is 1.44. The molecule has 0 amide bonds. The van der Waals surface area contributed by atoms with E-state index in [0.717, 1.165) is 0 Å². The van der Waals surface area contributed by atoms with E-state index in [4.69, 9.17) is 5.73 Å². The van der Waals surface area contributed by atoms with Gasteiger partial charge in [-0.15, -0.1) is 0 Å². The van der Waals surface area contributed by atoms with Crippen LogP contribution >= 0.6 is 0 Å². The second-order valence-corrected chi connectivity index (χ2v) is 2.50. The van der Waals surface area contributed by atoms with Gasteiger partial charge < -0.3 is 5.73 Å². The van der Waals surface area contributed by atoms with Gasteiger partial charge in [0, 0.05) is 0 Å². The highest BCUT2D eigenvalue weighted by Gasteiger charge is 2.44. The first-order valence-electron chi connectivity index (χ1n) is 2.89. The van der Waals surface area contributed by atoms with Crippen molar-refractivity contribution in [2.24, 2.45) is 5.73 Å². The lowest BCUT2D eigenvalue weighted by atomic mass is 10.1. The largest absolute Gasteiger partial charge is 0.316 e. The number of nitrogens with two attached hydrogens (primary N) is 1. The van der Waals surface area contributed by atoms with Crippen molar-refractivity contribution in [2.75, 3.05) is 13.1 Å². The molecule has 0 aromatic heterocycles. The van der Waals surface area contributed by atoms with Crippen LogP contribution in [-0.2, 0) is 0 Å². The maximum atomic E-state index is 12.1. The summed E-state index contributed by atoms with van der Waals surface area (Å²) in [6.07, 6.45) is -0.232.